The lowest BCUT2D eigenvalue weighted by Crippen LogP contribution is -2.00. The lowest BCUT2D eigenvalue weighted by Gasteiger charge is -2.03. The third-order valence-corrected chi connectivity index (χ3v) is 2.72. The van der Waals surface area contributed by atoms with Gasteiger partial charge in [-0.25, -0.2) is 0 Å². The fourth-order valence-electron chi connectivity index (χ4n) is 1.37. The molecule has 3 heteroatoms. The van der Waals surface area contributed by atoms with Crippen LogP contribution in [-0.4, -0.2) is 20.1 Å². The Kier molecular flexibility index (Phi) is 7.84. The number of hydrogen-bond donors (Lipinski definition) is 1. The quantitative estimate of drug-likeness (QED) is 0.431. The molecule has 1 unspecified atom stereocenters. The topological polar surface area (TPSA) is 20.2 Å². The third kappa shape index (κ3) is 4.78. The number of rotatable bonds is 5. The van der Waals surface area contributed by atoms with Crippen LogP contribution in [0.5, 0.6) is 0 Å². The molecule has 0 aliphatic heterocycles. The Bertz CT molecular complexity index is 253. The molecule has 0 aromatic heterocycles. The van der Waals surface area contributed by atoms with E-state index in [1.165, 1.54) is 17.3 Å². The Morgan fingerprint density at radius 3 is 2.43 bits per heavy atom. The summed E-state index contributed by atoms with van der Waals surface area (Å²) in [6, 6.07) is 8.42. The summed E-state index contributed by atoms with van der Waals surface area (Å²) in [7, 11) is 2.76. The van der Waals surface area contributed by atoms with Crippen molar-refractivity contribution in [2.75, 3.05) is 6.61 Å². The molecule has 1 aromatic rings. The van der Waals surface area contributed by atoms with Crippen LogP contribution in [0.4, 0.5) is 0 Å². The Morgan fingerprint density at radius 1 is 1.07 bits per heavy atom. The fourth-order valence-corrected chi connectivity index (χ4v) is 1.72. The lowest BCUT2D eigenvalue weighted by molar-refractivity contribution is 0.283. The first-order valence-electron chi connectivity index (χ1n) is 4.79. The summed E-state index contributed by atoms with van der Waals surface area (Å²) in [6.45, 7) is 0.322. The van der Waals surface area contributed by atoms with E-state index in [2.05, 4.69) is 33.5 Å². The molecule has 0 radical (unpaired) electrons. The van der Waals surface area contributed by atoms with Crippen molar-refractivity contribution in [3.05, 3.63) is 29.8 Å². The van der Waals surface area contributed by atoms with E-state index in [4.69, 9.17) is 5.11 Å². The molecule has 78 valence electrons. The average Bonchev–Trinajstić information content (AvgIpc) is 2.15. The smallest absolute Gasteiger partial charge is 0.0814 e. The summed E-state index contributed by atoms with van der Waals surface area (Å²) in [5.74, 6) is 0. The molecule has 1 rings (SSSR count). The van der Waals surface area contributed by atoms with E-state index in [9.17, 15) is 0 Å². The van der Waals surface area contributed by atoms with E-state index >= 15 is 0 Å². The van der Waals surface area contributed by atoms with Crippen molar-refractivity contribution in [1.82, 2.24) is 0 Å². The molecule has 0 amide bonds. The molecule has 0 heterocycles. The molecule has 0 saturated heterocycles. The molecule has 1 nitrogen and oxygen atoms in total. The monoisotopic (exact) mass is 210 g/mol. The van der Waals surface area contributed by atoms with Gasteiger partial charge in [-0.3, -0.25) is 0 Å². The van der Waals surface area contributed by atoms with Crippen LogP contribution in [0.1, 0.15) is 24.8 Å². The van der Waals surface area contributed by atoms with Crippen molar-refractivity contribution >= 4 is 23.0 Å². The summed E-state index contributed by atoms with van der Waals surface area (Å²) < 4.78 is 0. The van der Waals surface area contributed by atoms with Crippen molar-refractivity contribution in [2.24, 2.45) is 0 Å². The minimum Gasteiger partial charge on any atom is -0.396 e. The standard InChI is InChI=1S/C11H17OP.BH3/c12-9-5-1-2-6-10-7-3-4-8-11(10)13;/h3-4,7-8,12H,1-2,5-6,9,13H2;1H3. The van der Waals surface area contributed by atoms with E-state index in [1.54, 1.807) is 0 Å². The van der Waals surface area contributed by atoms with E-state index in [0.29, 0.717) is 6.61 Å². The second-order valence-electron chi connectivity index (χ2n) is 3.23. The minimum atomic E-state index is 0. The molecule has 0 bridgehead atoms. The van der Waals surface area contributed by atoms with Gasteiger partial charge in [0.05, 0.1) is 8.41 Å². The summed E-state index contributed by atoms with van der Waals surface area (Å²) in [4.78, 5) is 0. The first-order chi connectivity index (χ1) is 6.34. The van der Waals surface area contributed by atoms with E-state index in [0.717, 1.165) is 19.3 Å². The number of hydrogen-bond acceptors (Lipinski definition) is 1. The number of aliphatic hydroxyl groups excluding tert-OH is 1. The van der Waals surface area contributed by atoms with Gasteiger partial charge in [0.2, 0.25) is 0 Å². The molecule has 1 aromatic carbocycles. The lowest BCUT2D eigenvalue weighted by atomic mass is 10.1. The fraction of sp³-hybridized carbons (Fsp3) is 0.455. The molecule has 0 aliphatic rings. The highest BCUT2D eigenvalue weighted by atomic mass is 31.0. The van der Waals surface area contributed by atoms with E-state index < -0.39 is 0 Å². The first-order valence-corrected chi connectivity index (χ1v) is 5.36. The van der Waals surface area contributed by atoms with Gasteiger partial charge in [-0.2, -0.15) is 0 Å². The third-order valence-electron chi connectivity index (χ3n) is 2.16. The second kappa shape index (κ2) is 8.02. The average molecular weight is 210 g/mol. The van der Waals surface area contributed by atoms with Gasteiger partial charge in [0.15, 0.2) is 0 Å². The summed E-state index contributed by atoms with van der Waals surface area (Å²) >= 11 is 0. The highest BCUT2D eigenvalue weighted by molar-refractivity contribution is 7.27. The van der Waals surface area contributed by atoms with E-state index in [1.807, 2.05) is 0 Å². The molecule has 1 N–H and O–H groups in total. The molecule has 0 aliphatic carbocycles. The number of benzene rings is 1. The summed E-state index contributed by atoms with van der Waals surface area (Å²) in [5, 5.41) is 9.91. The largest absolute Gasteiger partial charge is 0.396 e. The van der Waals surface area contributed by atoms with Crippen molar-refractivity contribution in [2.45, 2.75) is 25.7 Å². The zero-order valence-electron chi connectivity index (χ0n) is 7.87. The molecular formula is C11H20BOP. The van der Waals surface area contributed by atoms with Crippen LogP contribution < -0.4 is 5.30 Å². The highest BCUT2D eigenvalue weighted by Crippen LogP contribution is 2.06. The summed E-state index contributed by atoms with van der Waals surface area (Å²) in [5.41, 5.74) is 1.41. The second-order valence-corrected chi connectivity index (χ2v) is 3.86. The zero-order chi connectivity index (χ0) is 9.52. The Balaban J connectivity index is 0.00000169. The van der Waals surface area contributed by atoms with Crippen LogP contribution in [0.25, 0.3) is 0 Å². The number of aliphatic hydroxyl groups is 1. The van der Waals surface area contributed by atoms with Gasteiger partial charge in [0.1, 0.15) is 0 Å². The predicted octanol–water partition coefficient (Wildman–Crippen LogP) is 0.708. The van der Waals surface area contributed by atoms with Crippen LogP contribution in [0.2, 0.25) is 0 Å². The normalized spacial score (nSPS) is 9.57. The van der Waals surface area contributed by atoms with Crippen LogP contribution >= 0.6 is 9.24 Å². The van der Waals surface area contributed by atoms with Crippen molar-refractivity contribution in [1.29, 1.82) is 0 Å². The van der Waals surface area contributed by atoms with Crippen molar-refractivity contribution in [3.8, 4) is 0 Å². The Labute approximate surface area is 90.7 Å². The van der Waals surface area contributed by atoms with Gasteiger partial charge < -0.3 is 5.11 Å². The van der Waals surface area contributed by atoms with Gasteiger partial charge in [-0.1, -0.05) is 30.7 Å². The van der Waals surface area contributed by atoms with Gasteiger partial charge in [0, 0.05) is 6.61 Å². The molecular weight excluding hydrogens is 190 g/mol. The molecule has 0 saturated carbocycles. The number of aryl methyl sites for hydroxylation is 1. The SMILES string of the molecule is B.OCCCCCc1ccccc1P. The number of unbranched alkanes of at least 4 members (excludes halogenated alkanes) is 2. The Hall–Kier alpha value is -0.325. The Morgan fingerprint density at radius 2 is 1.79 bits per heavy atom. The van der Waals surface area contributed by atoms with Gasteiger partial charge >= 0.3 is 0 Å². The van der Waals surface area contributed by atoms with Crippen LogP contribution in [-0.2, 0) is 6.42 Å². The van der Waals surface area contributed by atoms with Crippen LogP contribution in [0.3, 0.4) is 0 Å². The maximum Gasteiger partial charge on any atom is 0.0814 e. The predicted molar refractivity (Wildman–Crippen MR) is 70.4 cm³/mol. The highest BCUT2D eigenvalue weighted by Gasteiger charge is 1.96. The molecule has 0 spiro atoms. The van der Waals surface area contributed by atoms with Gasteiger partial charge in [0.25, 0.3) is 0 Å². The molecule has 1 atom stereocenters. The summed E-state index contributed by atoms with van der Waals surface area (Å²) in [6.07, 6.45) is 4.35. The van der Waals surface area contributed by atoms with Crippen LogP contribution in [0.15, 0.2) is 24.3 Å². The molecule has 0 fully saturated rings. The van der Waals surface area contributed by atoms with E-state index in [-0.39, 0.29) is 8.41 Å². The van der Waals surface area contributed by atoms with Gasteiger partial charge in [-0.15, -0.1) is 9.24 Å². The maximum atomic E-state index is 8.61. The molecule has 14 heavy (non-hydrogen) atoms. The van der Waals surface area contributed by atoms with Crippen molar-refractivity contribution in [3.63, 3.8) is 0 Å². The van der Waals surface area contributed by atoms with Crippen LogP contribution in [0, 0.1) is 0 Å². The zero-order valence-corrected chi connectivity index (χ0v) is 9.02. The van der Waals surface area contributed by atoms with Crippen molar-refractivity contribution < 1.29 is 5.11 Å². The maximum absolute atomic E-state index is 8.61. The minimum absolute atomic E-state index is 0. The van der Waals surface area contributed by atoms with Gasteiger partial charge in [-0.05, 0) is 30.1 Å². The first kappa shape index (κ1) is 13.7.